The van der Waals surface area contributed by atoms with Crippen molar-refractivity contribution in [2.75, 3.05) is 0 Å². The normalized spacial score (nSPS) is 16.3. The van der Waals surface area contributed by atoms with E-state index in [1.807, 2.05) is 54.0 Å². The van der Waals surface area contributed by atoms with E-state index in [-0.39, 0.29) is 0 Å². The zero-order chi connectivity index (χ0) is 24.9. The van der Waals surface area contributed by atoms with Gasteiger partial charge >= 0.3 is 0 Å². The van der Waals surface area contributed by atoms with Crippen LogP contribution in [0, 0.1) is 6.92 Å². The van der Waals surface area contributed by atoms with Gasteiger partial charge in [0.1, 0.15) is 12.1 Å². The van der Waals surface area contributed by atoms with Crippen molar-refractivity contribution in [3.63, 3.8) is 0 Å². The Kier molecular flexibility index (Phi) is 3.98. The summed E-state index contributed by atoms with van der Waals surface area (Å²) in [4.78, 5) is 4.55. The molecule has 1 heterocycles. The molecule has 0 fully saturated rings. The summed E-state index contributed by atoms with van der Waals surface area (Å²) in [7, 11) is 0. The molecule has 0 saturated carbocycles. The lowest BCUT2D eigenvalue weighted by molar-refractivity contribution is 0.0786. The van der Waals surface area contributed by atoms with Gasteiger partial charge in [0.15, 0.2) is 0 Å². The Bertz CT molecular complexity index is 1320. The molecule has 3 aromatic carbocycles. The van der Waals surface area contributed by atoms with Crippen LogP contribution >= 0.6 is 0 Å². The fourth-order valence-electron chi connectivity index (χ4n) is 3.59. The molecule has 4 nitrogen and oxygen atoms in total. The molecule has 0 saturated heterocycles. The molecule has 0 bridgehead atoms. The average Bonchev–Trinajstić information content (AvgIpc) is 3.15. The molecule has 1 N–H and O–H groups in total. The van der Waals surface area contributed by atoms with Crippen LogP contribution in [0.25, 0.3) is 27.8 Å². The van der Waals surface area contributed by atoms with Gasteiger partial charge in [-0.15, -0.1) is 0 Å². The van der Waals surface area contributed by atoms with Crippen molar-refractivity contribution in [2.24, 2.45) is 0 Å². The SMILES string of the molecule is [2H]C([2H])([2H])C([2H])(C)Oc1ccc(-n2cnc3cc(C)c(-c4ccc(C(C)(C)O)cc4)cc32)cc1. The van der Waals surface area contributed by atoms with Crippen LogP contribution < -0.4 is 4.74 Å². The first-order valence-corrected chi connectivity index (χ1v) is 9.87. The largest absolute Gasteiger partial charge is 0.491 e. The first-order valence-electron chi connectivity index (χ1n) is 11.9. The third-order valence-electron chi connectivity index (χ3n) is 5.18. The molecule has 154 valence electrons. The Hall–Kier alpha value is -3.11. The fraction of sp³-hybridized carbons (Fsp3) is 0.269. The van der Waals surface area contributed by atoms with Crippen LogP contribution in [0.1, 0.15) is 44.2 Å². The highest BCUT2D eigenvalue weighted by molar-refractivity contribution is 5.85. The zero-order valence-corrected chi connectivity index (χ0v) is 17.6. The maximum atomic E-state index is 10.2. The van der Waals surface area contributed by atoms with Crippen LogP contribution in [0.5, 0.6) is 5.75 Å². The first kappa shape index (κ1) is 15.7. The summed E-state index contributed by atoms with van der Waals surface area (Å²) in [5.74, 6) is 0.310. The molecule has 0 amide bonds. The van der Waals surface area contributed by atoms with Gasteiger partial charge in [-0.25, -0.2) is 4.98 Å². The summed E-state index contributed by atoms with van der Waals surface area (Å²) in [5.41, 5.74) is 5.78. The van der Waals surface area contributed by atoms with Gasteiger partial charge < -0.3 is 9.84 Å². The lowest BCUT2D eigenvalue weighted by Gasteiger charge is -2.18. The quantitative estimate of drug-likeness (QED) is 0.443. The molecule has 4 heteroatoms. The van der Waals surface area contributed by atoms with Gasteiger partial charge in [-0.3, -0.25) is 4.57 Å². The maximum absolute atomic E-state index is 10.2. The molecule has 30 heavy (non-hydrogen) atoms. The monoisotopic (exact) mass is 404 g/mol. The summed E-state index contributed by atoms with van der Waals surface area (Å²) in [6, 6.07) is 19.0. The standard InChI is InChI=1S/C26H28N2O2/c1-17(2)30-22-12-10-21(11-13-22)28-16-27-24-14-18(3)23(15-25(24)28)19-6-8-20(9-7-19)26(4,5)29/h6-17,29H,1-5H3/i1D3,17D. The van der Waals surface area contributed by atoms with Gasteiger partial charge in [0.2, 0.25) is 0 Å². The van der Waals surface area contributed by atoms with E-state index in [0.29, 0.717) is 5.75 Å². The van der Waals surface area contributed by atoms with Gasteiger partial charge in [-0.2, -0.15) is 0 Å². The third kappa shape index (κ3) is 3.96. The number of nitrogens with zero attached hydrogens (tertiary/aromatic N) is 2. The summed E-state index contributed by atoms with van der Waals surface area (Å²) >= 11 is 0. The van der Waals surface area contributed by atoms with E-state index in [2.05, 4.69) is 11.1 Å². The van der Waals surface area contributed by atoms with Crippen LogP contribution in [0.3, 0.4) is 0 Å². The molecule has 1 aromatic heterocycles. The minimum absolute atomic E-state index is 0.310. The van der Waals surface area contributed by atoms with Crippen LogP contribution in [-0.4, -0.2) is 20.7 Å². The van der Waals surface area contributed by atoms with E-state index >= 15 is 0 Å². The van der Waals surface area contributed by atoms with E-state index in [9.17, 15) is 5.11 Å². The van der Waals surface area contributed by atoms with Crippen LogP contribution in [0.15, 0.2) is 67.0 Å². The Balaban J connectivity index is 1.68. The smallest absolute Gasteiger partial charge is 0.119 e. The summed E-state index contributed by atoms with van der Waals surface area (Å²) in [6.45, 7) is 4.25. The maximum Gasteiger partial charge on any atom is 0.119 e. The molecule has 4 aromatic rings. The van der Waals surface area contributed by atoms with E-state index in [0.717, 1.165) is 39.0 Å². The summed E-state index contributed by atoms with van der Waals surface area (Å²) in [6.07, 6.45) is -0.290. The highest BCUT2D eigenvalue weighted by Gasteiger charge is 2.16. The molecule has 1 atom stereocenters. The molecule has 0 aliphatic heterocycles. The van der Waals surface area contributed by atoms with E-state index in [1.165, 1.54) is 6.92 Å². The average molecular weight is 405 g/mol. The van der Waals surface area contributed by atoms with E-state index in [1.54, 1.807) is 32.3 Å². The number of fused-ring (bicyclic) bond motifs is 1. The fourth-order valence-corrected chi connectivity index (χ4v) is 3.59. The number of aromatic nitrogens is 2. The predicted molar refractivity (Wildman–Crippen MR) is 122 cm³/mol. The Labute approximate surface area is 183 Å². The summed E-state index contributed by atoms with van der Waals surface area (Å²) < 4.78 is 37.8. The van der Waals surface area contributed by atoms with Gasteiger partial charge in [0, 0.05) is 9.80 Å². The lowest BCUT2D eigenvalue weighted by Crippen LogP contribution is -2.14. The zero-order valence-electron chi connectivity index (χ0n) is 21.6. The van der Waals surface area contributed by atoms with Crippen molar-refractivity contribution >= 4 is 11.0 Å². The van der Waals surface area contributed by atoms with Crippen molar-refractivity contribution in [1.29, 1.82) is 0 Å². The second kappa shape index (κ2) is 7.62. The predicted octanol–water partition coefficient (Wildman–Crippen LogP) is 6.02. The lowest BCUT2D eigenvalue weighted by atomic mass is 9.94. The number of benzene rings is 3. The van der Waals surface area contributed by atoms with E-state index < -0.39 is 18.5 Å². The van der Waals surface area contributed by atoms with Crippen molar-refractivity contribution in [2.45, 2.75) is 46.2 Å². The number of hydrogen-bond acceptors (Lipinski definition) is 3. The number of aliphatic hydroxyl groups is 1. The highest BCUT2D eigenvalue weighted by Crippen LogP contribution is 2.31. The van der Waals surface area contributed by atoms with Crippen molar-refractivity contribution < 1.29 is 15.3 Å². The van der Waals surface area contributed by atoms with Crippen LogP contribution in [0.4, 0.5) is 0 Å². The van der Waals surface area contributed by atoms with Gasteiger partial charge in [-0.1, -0.05) is 24.3 Å². The molecule has 0 aliphatic carbocycles. The topological polar surface area (TPSA) is 47.3 Å². The second-order valence-corrected chi connectivity index (χ2v) is 8.06. The molecule has 0 radical (unpaired) electrons. The second-order valence-electron chi connectivity index (χ2n) is 8.06. The number of imidazole rings is 1. The molecule has 0 aliphatic rings. The third-order valence-corrected chi connectivity index (χ3v) is 5.18. The van der Waals surface area contributed by atoms with Gasteiger partial charge in [-0.05, 0) is 93.2 Å². The number of ether oxygens (including phenoxy) is 1. The van der Waals surface area contributed by atoms with Crippen LogP contribution in [-0.2, 0) is 5.60 Å². The molecular weight excluding hydrogens is 372 g/mol. The molecular formula is C26H28N2O2. The summed E-state index contributed by atoms with van der Waals surface area (Å²) in [5, 5.41) is 10.2. The Morgan fingerprint density at radius 3 is 2.43 bits per heavy atom. The molecule has 4 rings (SSSR count). The van der Waals surface area contributed by atoms with Gasteiger partial charge in [0.25, 0.3) is 0 Å². The van der Waals surface area contributed by atoms with Crippen molar-refractivity contribution in [3.05, 3.63) is 78.1 Å². The number of hydrogen-bond donors (Lipinski definition) is 1. The van der Waals surface area contributed by atoms with Gasteiger partial charge in [0.05, 0.1) is 24.1 Å². The number of rotatable bonds is 5. The van der Waals surface area contributed by atoms with Crippen molar-refractivity contribution in [3.8, 4) is 22.6 Å². The molecule has 0 spiro atoms. The van der Waals surface area contributed by atoms with Crippen molar-refractivity contribution in [1.82, 2.24) is 9.55 Å². The minimum atomic E-state index is -2.56. The number of aryl methyl sites for hydroxylation is 1. The van der Waals surface area contributed by atoms with E-state index in [4.69, 9.17) is 10.2 Å². The highest BCUT2D eigenvalue weighted by atomic mass is 16.5. The Morgan fingerprint density at radius 2 is 1.80 bits per heavy atom. The minimum Gasteiger partial charge on any atom is -0.491 e. The first-order chi connectivity index (χ1) is 15.8. The van der Waals surface area contributed by atoms with Crippen LogP contribution in [0.2, 0.25) is 0 Å². The molecule has 1 unspecified atom stereocenters. The Morgan fingerprint density at radius 1 is 1.10 bits per heavy atom.